The molecule has 25 heavy (non-hydrogen) atoms. The number of nitriles is 1. The minimum Gasteiger partial charge on any atom is -0.316 e. The highest BCUT2D eigenvalue weighted by molar-refractivity contribution is 5.85. The van der Waals surface area contributed by atoms with Gasteiger partial charge in [0.1, 0.15) is 0 Å². The highest BCUT2D eigenvalue weighted by Gasteiger charge is 2.20. The molecule has 1 unspecified atom stereocenters. The van der Waals surface area contributed by atoms with Gasteiger partial charge in [0.15, 0.2) is 0 Å². The van der Waals surface area contributed by atoms with Gasteiger partial charge in [-0.2, -0.15) is 5.26 Å². The summed E-state index contributed by atoms with van der Waals surface area (Å²) in [5.41, 5.74) is 4.44. The quantitative estimate of drug-likeness (QED) is 0.704. The summed E-state index contributed by atoms with van der Waals surface area (Å²) >= 11 is 0. The van der Waals surface area contributed by atoms with Gasteiger partial charge in [-0.05, 0) is 75.2 Å². The molecular weight excluding hydrogens is 306 g/mol. The van der Waals surface area contributed by atoms with Crippen LogP contribution in [0.1, 0.15) is 30.9 Å². The van der Waals surface area contributed by atoms with Crippen molar-refractivity contribution in [1.29, 1.82) is 5.26 Å². The second-order valence-corrected chi connectivity index (χ2v) is 7.00. The number of nitrogens with zero attached hydrogens (tertiary/aromatic N) is 3. The van der Waals surface area contributed by atoms with Crippen LogP contribution in [0.5, 0.6) is 0 Å². The molecule has 3 heteroatoms. The molecule has 0 aliphatic carbocycles. The van der Waals surface area contributed by atoms with Crippen LogP contribution in [0, 0.1) is 11.3 Å². The van der Waals surface area contributed by atoms with Gasteiger partial charge in [-0.3, -0.25) is 0 Å². The smallest absolute Gasteiger partial charge is 0.0991 e. The maximum Gasteiger partial charge on any atom is 0.0991 e. The molecule has 1 saturated heterocycles. The lowest BCUT2D eigenvalue weighted by molar-refractivity contribution is 0.258. The molecule has 3 aromatic rings. The van der Waals surface area contributed by atoms with Gasteiger partial charge in [-0.25, -0.2) is 0 Å². The van der Waals surface area contributed by atoms with E-state index in [0.29, 0.717) is 11.6 Å². The zero-order valence-corrected chi connectivity index (χ0v) is 14.7. The van der Waals surface area contributed by atoms with Crippen LogP contribution in [-0.4, -0.2) is 28.6 Å². The van der Waals surface area contributed by atoms with Gasteiger partial charge in [0.05, 0.1) is 17.1 Å². The predicted molar refractivity (Wildman–Crippen MR) is 102 cm³/mol. The first-order valence-electron chi connectivity index (χ1n) is 9.10. The topological polar surface area (TPSA) is 32.0 Å². The van der Waals surface area contributed by atoms with Crippen LogP contribution in [-0.2, 0) is 6.42 Å². The van der Waals surface area contributed by atoms with Crippen molar-refractivity contribution in [3.05, 3.63) is 65.9 Å². The standard InChI is InChI=1S/C22H23N3/c1-17(24-12-4-5-13-24)14-19-16-25(22-7-3-2-6-21(19)22)20-10-8-18(15-23)9-11-20/h2-3,6-11,16-17H,4-5,12-14H2,1H3. The third kappa shape index (κ3) is 3.06. The first-order valence-corrected chi connectivity index (χ1v) is 9.10. The Hall–Kier alpha value is -2.57. The number of hydrogen-bond acceptors (Lipinski definition) is 2. The van der Waals surface area contributed by atoms with Gasteiger partial charge < -0.3 is 9.47 Å². The Bertz CT molecular complexity index is 909. The van der Waals surface area contributed by atoms with Crippen molar-refractivity contribution in [2.45, 2.75) is 32.2 Å². The van der Waals surface area contributed by atoms with Gasteiger partial charge in [-0.1, -0.05) is 18.2 Å². The molecule has 0 saturated carbocycles. The SMILES string of the molecule is CC(Cc1cn(-c2ccc(C#N)cc2)c2ccccc12)N1CCCC1. The molecule has 2 heterocycles. The Morgan fingerprint density at radius 2 is 1.76 bits per heavy atom. The number of fused-ring (bicyclic) bond motifs is 1. The minimum absolute atomic E-state index is 0.572. The zero-order valence-electron chi connectivity index (χ0n) is 14.7. The van der Waals surface area contributed by atoms with E-state index in [1.54, 1.807) is 0 Å². The van der Waals surface area contributed by atoms with Crippen LogP contribution >= 0.6 is 0 Å². The minimum atomic E-state index is 0.572. The van der Waals surface area contributed by atoms with E-state index in [0.717, 1.165) is 12.1 Å². The highest BCUT2D eigenvalue weighted by atomic mass is 15.2. The first kappa shape index (κ1) is 15.9. The van der Waals surface area contributed by atoms with E-state index in [4.69, 9.17) is 5.26 Å². The third-order valence-corrected chi connectivity index (χ3v) is 5.35. The molecule has 1 fully saturated rings. The summed E-state index contributed by atoms with van der Waals surface area (Å²) in [5.74, 6) is 0. The Kier molecular flexibility index (Phi) is 4.29. The monoisotopic (exact) mass is 329 g/mol. The van der Waals surface area contributed by atoms with Crippen molar-refractivity contribution in [1.82, 2.24) is 9.47 Å². The molecule has 3 nitrogen and oxygen atoms in total. The lowest BCUT2D eigenvalue weighted by Crippen LogP contribution is -2.31. The van der Waals surface area contributed by atoms with Crippen LogP contribution in [0.25, 0.3) is 16.6 Å². The Morgan fingerprint density at radius 3 is 2.48 bits per heavy atom. The van der Waals surface area contributed by atoms with E-state index in [1.807, 2.05) is 24.3 Å². The fourth-order valence-corrected chi connectivity index (χ4v) is 3.95. The number of aromatic nitrogens is 1. The summed E-state index contributed by atoms with van der Waals surface area (Å²) in [6.07, 6.45) is 6.01. The fourth-order valence-electron chi connectivity index (χ4n) is 3.95. The van der Waals surface area contributed by atoms with Crippen molar-refractivity contribution in [2.24, 2.45) is 0 Å². The number of benzene rings is 2. The third-order valence-electron chi connectivity index (χ3n) is 5.35. The second-order valence-electron chi connectivity index (χ2n) is 7.00. The van der Waals surface area contributed by atoms with Crippen molar-refractivity contribution >= 4 is 10.9 Å². The van der Waals surface area contributed by atoms with E-state index < -0.39 is 0 Å². The number of hydrogen-bond donors (Lipinski definition) is 0. The van der Waals surface area contributed by atoms with Gasteiger partial charge >= 0.3 is 0 Å². The molecule has 0 bridgehead atoms. The summed E-state index contributed by atoms with van der Waals surface area (Å²) < 4.78 is 2.25. The lowest BCUT2D eigenvalue weighted by atomic mass is 10.1. The van der Waals surface area contributed by atoms with Crippen molar-refractivity contribution in [2.75, 3.05) is 13.1 Å². The molecule has 1 atom stereocenters. The summed E-state index contributed by atoms with van der Waals surface area (Å²) in [7, 11) is 0. The molecule has 1 aromatic heterocycles. The normalized spacial score (nSPS) is 16.2. The average Bonchev–Trinajstić information content (AvgIpc) is 3.31. The maximum absolute atomic E-state index is 9.02. The van der Waals surface area contributed by atoms with Gasteiger partial charge in [0.2, 0.25) is 0 Å². The van der Waals surface area contributed by atoms with Crippen molar-refractivity contribution in [3.8, 4) is 11.8 Å². The predicted octanol–water partition coefficient (Wildman–Crippen LogP) is 4.53. The second kappa shape index (κ2) is 6.74. The van der Waals surface area contributed by atoms with Crippen molar-refractivity contribution in [3.63, 3.8) is 0 Å². The Balaban J connectivity index is 1.71. The molecule has 2 aromatic carbocycles. The largest absolute Gasteiger partial charge is 0.316 e. The van der Waals surface area contributed by atoms with Crippen LogP contribution in [0.2, 0.25) is 0 Å². The maximum atomic E-state index is 9.02. The number of para-hydroxylation sites is 1. The molecule has 0 amide bonds. The van der Waals surface area contributed by atoms with E-state index >= 15 is 0 Å². The van der Waals surface area contributed by atoms with Crippen LogP contribution in [0.3, 0.4) is 0 Å². The van der Waals surface area contributed by atoms with Crippen LogP contribution in [0.4, 0.5) is 0 Å². The Labute approximate surface area is 149 Å². The molecular formula is C22H23N3. The molecule has 0 radical (unpaired) electrons. The van der Waals surface area contributed by atoms with E-state index in [-0.39, 0.29) is 0 Å². The molecule has 126 valence electrons. The molecule has 1 aliphatic heterocycles. The summed E-state index contributed by atoms with van der Waals surface area (Å²) in [5, 5.41) is 10.3. The summed E-state index contributed by atoms with van der Waals surface area (Å²) in [6.45, 7) is 4.81. The van der Waals surface area contributed by atoms with Gasteiger partial charge in [0.25, 0.3) is 0 Å². The van der Waals surface area contributed by atoms with Crippen molar-refractivity contribution < 1.29 is 0 Å². The van der Waals surface area contributed by atoms with Crippen LogP contribution in [0.15, 0.2) is 54.7 Å². The number of likely N-dealkylation sites (tertiary alicyclic amines) is 1. The highest BCUT2D eigenvalue weighted by Crippen LogP contribution is 2.27. The molecule has 0 spiro atoms. The van der Waals surface area contributed by atoms with E-state index in [1.165, 1.54) is 42.4 Å². The first-order chi connectivity index (χ1) is 12.3. The van der Waals surface area contributed by atoms with E-state index in [9.17, 15) is 0 Å². The summed E-state index contributed by atoms with van der Waals surface area (Å²) in [6, 6.07) is 19.2. The lowest BCUT2D eigenvalue weighted by Gasteiger charge is -2.23. The van der Waals surface area contributed by atoms with Gasteiger partial charge in [-0.15, -0.1) is 0 Å². The van der Waals surface area contributed by atoms with Gasteiger partial charge in [0, 0.05) is 23.3 Å². The zero-order chi connectivity index (χ0) is 17.2. The summed E-state index contributed by atoms with van der Waals surface area (Å²) in [4.78, 5) is 2.60. The molecule has 0 N–H and O–H groups in total. The Morgan fingerprint density at radius 1 is 1.04 bits per heavy atom. The fraction of sp³-hybridized carbons (Fsp3) is 0.318. The van der Waals surface area contributed by atoms with E-state index in [2.05, 4.69) is 52.9 Å². The molecule has 1 aliphatic rings. The van der Waals surface area contributed by atoms with Crippen LogP contribution < -0.4 is 0 Å². The molecule has 4 rings (SSSR count). The average molecular weight is 329 g/mol. The number of rotatable bonds is 4.